The summed E-state index contributed by atoms with van der Waals surface area (Å²) in [7, 11) is 0. The third kappa shape index (κ3) is 2.58. The van der Waals surface area contributed by atoms with Crippen LogP contribution < -0.4 is 5.32 Å². The number of hydrogen-bond donors (Lipinski definition) is 3. The molecule has 0 aromatic carbocycles. The molecule has 5 heteroatoms. The topological polar surface area (TPSA) is 55.7 Å². The fourth-order valence-electron chi connectivity index (χ4n) is 1.20. The predicted molar refractivity (Wildman–Crippen MR) is 49.9 cm³/mol. The molecule has 0 bridgehead atoms. The van der Waals surface area contributed by atoms with Gasteiger partial charge in [-0.1, -0.05) is 0 Å². The zero-order chi connectivity index (χ0) is 9.14. The Morgan fingerprint density at radius 2 is 2.50 bits per heavy atom. The largest absolute Gasteiger partial charge is 0.392 e. The molecule has 70 valence electrons. The summed E-state index contributed by atoms with van der Waals surface area (Å²) >= 11 is 4.99. The minimum Gasteiger partial charge on any atom is -0.392 e. The number of β-amino-alcohol motifs (C(OH)–C–C–N with tert-alkyl or cyclic N) is 2. The highest BCUT2D eigenvalue weighted by Crippen LogP contribution is 2.01. The van der Waals surface area contributed by atoms with E-state index in [-0.39, 0.29) is 0 Å². The minimum atomic E-state index is -0.421. The Hall–Kier alpha value is -0.390. The Bertz CT molecular complexity index is 173. The lowest BCUT2D eigenvalue weighted by molar-refractivity contribution is 0.0984. The molecule has 1 heterocycles. The number of hydrogen-bond acceptors (Lipinski definition) is 3. The Balaban J connectivity index is 2.43. The molecule has 1 rings (SSSR count). The van der Waals surface area contributed by atoms with Crippen LogP contribution in [0.25, 0.3) is 0 Å². The van der Waals surface area contributed by atoms with Crippen LogP contribution in [0.4, 0.5) is 0 Å². The van der Waals surface area contributed by atoms with Crippen LogP contribution in [0, 0.1) is 0 Å². The fourth-order valence-corrected chi connectivity index (χ4v) is 1.43. The first-order chi connectivity index (χ1) is 5.59. The molecule has 0 radical (unpaired) electrons. The summed E-state index contributed by atoms with van der Waals surface area (Å²) in [6.45, 7) is 3.19. The van der Waals surface area contributed by atoms with Gasteiger partial charge in [0.2, 0.25) is 0 Å². The van der Waals surface area contributed by atoms with Gasteiger partial charge in [-0.15, -0.1) is 0 Å². The maximum absolute atomic E-state index is 9.26. The first kappa shape index (κ1) is 9.70. The van der Waals surface area contributed by atoms with E-state index >= 15 is 0 Å². The van der Waals surface area contributed by atoms with Crippen LogP contribution in [0.1, 0.15) is 6.92 Å². The molecule has 1 fully saturated rings. The Morgan fingerprint density at radius 1 is 1.83 bits per heavy atom. The van der Waals surface area contributed by atoms with Gasteiger partial charge >= 0.3 is 0 Å². The van der Waals surface area contributed by atoms with Gasteiger partial charge in [-0.3, -0.25) is 0 Å². The molecule has 3 N–H and O–H groups in total. The Labute approximate surface area is 77.2 Å². The second-order valence-electron chi connectivity index (χ2n) is 3.09. The van der Waals surface area contributed by atoms with Crippen LogP contribution in [-0.4, -0.2) is 52.1 Å². The molecule has 0 amide bonds. The first-order valence-electron chi connectivity index (χ1n) is 3.98. The van der Waals surface area contributed by atoms with Crippen molar-refractivity contribution in [2.45, 2.75) is 19.1 Å². The lowest BCUT2D eigenvalue weighted by Gasteiger charge is -2.33. The monoisotopic (exact) mass is 190 g/mol. The van der Waals surface area contributed by atoms with Crippen molar-refractivity contribution in [3.05, 3.63) is 0 Å². The highest BCUT2D eigenvalue weighted by molar-refractivity contribution is 7.80. The minimum absolute atomic E-state index is 0.393. The third-order valence-electron chi connectivity index (χ3n) is 1.69. The van der Waals surface area contributed by atoms with Crippen molar-refractivity contribution in [1.82, 2.24) is 10.2 Å². The van der Waals surface area contributed by atoms with Crippen LogP contribution in [-0.2, 0) is 0 Å². The Kier molecular flexibility index (Phi) is 3.25. The molecular weight excluding hydrogens is 176 g/mol. The van der Waals surface area contributed by atoms with E-state index in [4.69, 9.17) is 17.3 Å². The smallest absolute Gasteiger partial charge is 0.169 e. The van der Waals surface area contributed by atoms with Crippen molar-refractivity contribution in [1.29, 1.82) is 0 Å². The maximum atomic E-state index is 9.26. The van der Waals surface area contributed by atoms with Gasteiger partial charge in [0.05, 0.1) is 12.2 Å². The summed E-state index contributed by atoms with van der Waals surface area (Å²) in [5.74, 6) is 0. The van der Waals surface area contributed by atoms with Crippen molar-refractivity contribution < 1.29 is 10.2 Å². The first-order valence-corrected chi connectivity index (χ1v) is 4.39. The molecule has 1 aliphatic rings. The quantitative estimate of drug-likeness (QED) is 0.484. The second kappa shape index (κ2) is 4.02. The molecule has 4 nitrogen and oxygen atoms in total. The van der Waals surface area contributed by atoms with Gasteiger partial charge in [0.1, 0.15) is 0 Å². The normalized spacial score (nSPS) is 26.8. The summed E-state index contributed by atoms with van der Waals surface area (Å²) in [5.41, 5.74) is 0. The van der Waals surface area contributed by atoms with E-state index in [9.17, 15) is 5.11 Å². The molecule has 0 aromatic rings. The summed E-state index contributed by atoms with van der Waals surface area (Å²) in [4.78, 5) is 1.77. The molecule has 0 aliphatic carbocycles. The third-order valence-corrected chi connectivity index (χ3v) is 2.09. The van der Waals surface area contributed by atoms with Crippen LogP contribution in [0.15, 0.2) is 0 Å². The molecule has 1 aliphatic heterocycles. The van der Waals surface area contributed by atoms with Gasteiger partial charge in [0.15, 0.2) is 5.11 Å². The summed E-state index contributed by atoms with van der Waals surface area (Å²) in [6.07, 6.45) is -0.814. The SMILES string of the molecule is CC(O)CN1CC(O)CNC1=S. The molecule has 2 atom stereocenters. The number of nitrogens with zero attached hydrogens (tertiary/aromatic N) is 1. The van der Waals surface area contributed by atoms with Gasteiger partial charge in [0.25, 0.3) is 0 Å². The van der Waals surface area contributed by atoms with Crippen molar-refractivity contribution in [2.24, 2.45) is 0 Å². The number of aliphatic hydroxyl groups is 2. The van der Waals surface area contributed by atoms with Gasteiger partial charge in [0, 0.05) is 19.6 Å². The van der Waals surface area contributed by atoms with E-state index in [1.165, 1.54) is 0 Å². The number of rotatable bonds is 2. The molecular formula is C7H14N2O2S. The molecule has 12 heavy (non-hydrogen) atoms. The van der Waals surface area contributed by atoms with E-state index in [1.54, 1.807) is 11.8 Å². The van der Waals surface area contributed by atoms with E-state index in [2.05, 4.69) is 5.32 Å². The lowest BCUT2D eigenvalue weighted by Crippen LogP contribution is -2.54. The molecule has 0 saturated carbocycles. The average molecular weight is 190 g/mol. The number of nitrogens with one attached hydrogen (secondary N) is 1. The number of aliphatic hydroxyl groups excluding tert-OH is 2. The second-order valence-corrected chi connectivity index (χ2v) is 3.48. The number of thiocarbonyl (C=S) groups is 1. The van der Waals surface area contributed by atoms with Crippen molar-refractivity contribution in [2.75, 3.05) is 19.6 Å². The maximum Gasteiger partial charge on any atom is 0.169 e. The molecule has 0 spiro atoms. The highest BCUT2D eigenvalue weighted by Gasteiger charge is 2.21. The summed E-state index contributed by atoms with van der Waals surface area (Å²) in [5, 5.41) is 21.9. The fraction of sp³-hybridized carbons (Fsp3) is 0.857. The zero-order valence-corrected chi connectivity index (χ0v) is 7.84. The van der Waals surface area contributed by atoms with E-state index in [0.717, 1.165) is 0 Å². The summed E-state index contributed by atoms with van der Waals surface area (Å²) < 4.78 is 0. The highest BCUT2D eigenvalue weighted by atomic mass is 32.1. The van der Waals surface area contributed by atoms with E-state index < -0.39 is 12.2 Å². The van der Waals surface area contributed by atoms with Crippen molar-refractivity contribution in [3.63, 3.8) is 0 Å². The predicted octanol–water partition coefficient (Wildman–Crippen LogP) is -1.08. The average Bonchev–Trinajstić information content (AvgIpc) is 1.96. The zero-order valence-electron chi connectivity index (χ0n) is 7.03. The van der Waals surface area contributed by atoms with E-state index in [1.807, 2.05) is 0 Å². The van der Waals surface area contributed by atoms with Gasteiger partial charge < -0.3 is 20.4 Å². The summed E-state index contributed by atoms with van der Waals surface area (Å²) in [6, 6.07) is 0. The van der Waals surface area contributed by atoms with E-state index in [0.29, 0.717) is 24.7 Å². The van der Waals surface area contributed by atoms with Crippen LogP contribution in [0.3, 0.4) is 0 Å². The van der Waals surface area contributed by atoms with Crippen LogP contribution in [0.2, 0.25) is 0 Å². The lowest BCUT2D eigenvalue weighted by atomic mass is 10.2. The van der Waals surface area contributed by atoms with Gasteiger partial charge in [-0.2, -0.15) is 0 Å². The van der Waals surface area contributed by atoms with Crippen LogP contribution >= 0.6 is 12.2 Å². The van der Waals surface area contributed by atoms with Gasteiger partial charge in [-0.05, 0) is 19.1 Å². The van der Waals surface area contributed by atoms with Crippen molar-refractivity contribution >= 4 is 17.3 Å². The Morgan fingerprint density at radius 3 is 3.08 bits per heavy atom. The van der Waals surface area contributed by atoms with Gasteiger partial charge in [-0.25, -0.2) is 0 Å². The molecule has 0 aromatic heterocycles. The molecule has 1 saturated heterocycles. The standard InChI is InChI=1S/C7H14N2O2S/c1-5(10)3-9-4-6(11)2-8-7(9)12/h5-6,10-11H,2-4H2,1H3,(H,8,12). The molecule has 2 unspecified atom stereocenters. The van der Waals surface area contributed by atoms with Crippen LogP contribution in [0.5, 0.6) is 0 Å². The van der Waals surface area contributed by atoms with Crippen molar-refractivity contribution in [3.8, 4) is 0 Å².